The number of esters is 1. The van der Waals surface area contributed by atoms with Crippen LogP contribution in [0.1, 0.15) is 20.3 Å². The van der Waals surface area contributed by atoms with Crippen molar-refractivity contribution >= 4 is 29.5 Å². The molecule has 0 spiro atoms. The third kappa shape index (κ3) is 4.61. The van der Waals surface area contributed by atoms with Crippen LogP contribution in [0.25, 0.3) is 0 Å². The molecule has 1 aromatic carbocycles. The summed E-state index contributed by atoms with van der Waals surface area (Å²) in [6.07, 6.45) is 0.486. The van der Waals surface area contributed by atoms with Crippen LogP contribution in [0.3, 0.4) is 0 Å². The second-order valence-electron chi connectivity index (χ2n) is 5.82. The Balaban J connectivity index is 1.66. The van der Waals surface area contributed by atoms with Crippen LogP contribution in [0.4, 0.5) is 4.79 Å². The van der Waals surface area contributed by atoms with Gasteiger partial charge in [-0.1, -0.05) is 11.6 Å². The van der Waals surface area contributed by atoms with Crippen molar-refractivity contribution < 1.29 is 23.9 Å². The molecule has 0 aliphatic carbocycles. The van der Waals surface area contributed by atoms with Gasteiger partial charge in [-0.2, -0.15) is 0 Å². The molecule has 24 heavy (non-hydrogen) atoms. The van der Waals surface area contributed by atoms with E-state index in [4.69, 9.17) is 21.1 Å². The smallest absolute Gasteiger partial charge is 0.326 e. The molecule has 1 aliphatic rings. The first-order valence-corrected chi connectivity index (χ1v) is 7.85. The van der Waals surface area contributed by atoms with Crippen molar-refractivity contribution in [2.24, 2.45) is 0 Å². The minimum absolute atomic E-state index is 0.138. The van der Waals surface area contributed by atoms with E-state index in [9.17, 15) is 14.4 Å². The van der Waals surface area contributed by atoms with Gasteiger partial charge in [-0.15, -0.1) is 0 Å². The number of hydrogen-bond donors (Lipinski definition) is 1. The van der Waals surface area contributed by atoms with Crippen LogP contribution in [0.15, 0.2) is 24.3 Å². The van der Waals surface area contributed by atoms with Crippen LogP contribution < -0.4 is 10.1 Å². The largest absolute Gasteiger partial charge is 0.493 e. The number of halogens is 1. The summed E-state index contributed by atoms with van der Waals surface area (Å²) >= 11 is 5.77. The predicted octanol–water partition coefficient (Wildman–Crippen LogP) is 1.98. The average molecular weight is 355 g/mol. The third-order valence-corrected chi connectivity index (χ3v) is 3.62. The number of ether oxygens (including phenoxy) is 2. The van der Waals surface area contributed by atoms with Crippen LogP contribution in [0.5, 0.6) is 5.75 Å². The highest BCUT2D eigenvalue weighted by atomic mass is 35.5. The summed E-state index contributed by atoms with van der Waals surface area (Å²) in [5.41, 5.74) is -0.996. The van der Waals surface area contributed by atoms with Gasteiger partial charge in [0.25, 0.3) is 5.91 Å². The van der Waals surface area contributed by atoms with Gasteiger partial charge >= 0.3 is 12.0 Å². The van der Waals surface area contributed by atoms with E-state index in [1.54, 1.807) is 38.1 Å². The van der Waals surface area contributed by atoms with Crippen molar-refractivity contribution in [2.75, 3.05) is 19.8 Å². The maximum absolute atomic E-state index is 11.9. The number of amides is 3. The highest BCUT2D eigenvalue weighted by Crippen LogP contribution is 2.17. The van der Waals surface area contributed by atoms with E-state index in [0.29, 0.717) is 23.8 Å². The summed E-state index contributed by atoms with van der Waals surface area (Å²) in [5.74, 6) is -0.412. The number of benzene rings is 1. The number of nitrogens with one attached hydrogen (secondary N) is 1. The Hall–Kier alpha value is -2.28. The molecular weight excluding hydrogens is 336 g/mol. The molecule has 0 radical (unpaired) electrons. The monoisotopic (exact) mass is 354 g/mol. The molecule has 1 N–H and O–H groups in total. The zero-order valence-electron chi connectivity index (χ0n) is 13.5. The molecule has 7 nitrogen and oxygen atoms in total. The second kappa shape index (κ2) is 7.53. The molecule has 1 aliphatic heterocycles. The van der Waals surface area contributed by atoms with Gasteiger partial charge in [-0.05, 0) is 38.1 Å². The standard InChI is InChI=1S/C16H19ClN2O5/c1-16(2)14(21)19(15(22)18-16)10-13(20)24-9-3-8-23-12-6-4-11(17)5-7-12/h4-7H,3,8-10H2,1-2H3,(H,18,22). The van der Waals surface area contributed by atoms with Gasteiger partial charge in [0.15, 0.2) is 0 Å². The summed E-state index contributed by atoms with van der Waals surface area (Å²) in [5, 5.41) is 3.12. The Kier molecular flexibility index (Phi) is 5.66. The van der Waals surface area contributed by atoms with E-state index in [-0.39, 0.29) is 6.61 Å². The fourth-order valence-electron chi connectivity index (χ4n) is 2.10. The van der Waals surface area contributed by atoms with E-state index in [1.807, 2.05) is 0 Å². The lowest BCUT2D eigenvalue weighted by Crippen LogP contribution is -2.41. The van der Waals surface area contributed by atoms with Gasteiger partial charge in [0, 0.05) is 11.4 Å². The molecule has 0 saturated carbocycles. The molecule has 130 valence electrons. The maximum atomic E-state index is 11.9. The van der Waals surface area contributed by atoms with Crippen LogP contribution in [-0.4, -0.2) is 48.1 Å². The van der Waals surface area contributed by atoms with Gasteiger partial charge in [-0.25, -0.2) is 4.79 Å². The van der Waals surface area contributed by atoms with Gasteiger partial charge in [0.1, 0.15) is 17.8 Å². The Bertz CT molecular complexity index is 630. The number of urea groups is 1. The van der Waals surface area contributed by atoms with Crippen LogP contribution in [0, 0.1) is 0 Å². The Morgan fingerprint density at radius 2 is 1.88 bits per heavy atom. The molecular formula is C16H19ClN2O5. The molecule has 3 amide bonds. The van der Waals surface area contributed by atoms with E-state index >= 15 is 0 Å². The molecule has 0 aromatic heterocycles. The van der Waals surface area contributed by atoms with Crippen molar-refractivity contribution in [1.29, 1.82) is 0 Å². The SMILES string of the molecule is CC1(C)NC(=O)N(CC(=O)OCCCOc2ccc(Cl)cc2)C1=O. The fraction of sp³-hybridized carbons (Fsp3) is 0.438. The fourth-order valence-corrected chi connectivity index (χ4v) is 2.23. The molecule has 1 aromatic rings. The average Bonchev–Trinajstić information content (AvgIpc) is 2.71. The lowest BCUT2D eigenvalue weighted by molar-refractivity contribution is -0.147. The number of carbonyl (C=O) groups is 3. The van der Waals surface area contributed by atoms with E-state index in [2.05, 4.69) is 5.32 Å². The number of rotatable bonds is 7. The first-order chi connectivity index (χ1) is 11.3. The number of nitrogens with zero attached hydrogens (tertiary/aromatic N) is 1. The highest BCUT2D eigenvalue weighted by Gasteiger charge is 2.45. The molecule has 1 saturated heterocycles. The summed E-state index contributed by atoms with van der Waals surface area (Å²) in [6.45, 7) is 3.26. The highest BCUT2D eigenvalue weighted by molar-refractivity contribution is 6.30. The summed E-state index contributed by atoms with van der Waals surface area (Å²) in [4.78, 5) is 36.2. The lowest BCUT2D eigenvalue weighted by Gasteiger charge is -2.15. The van der Waals surface area contributed by atoms with Gasteiger partial charge in [-0.3, -0.25) is 14.5 Å². The third-order valence-electron chi connectivity index (χ3n) is 3.37. The van der Waals surface area contributed by atoms with Gasteiger partial charge in [0.2, 0.25) is 0 Å². The van der Waals surface area contributed by atoms with Crippen molar-refractivity contribution in [1.82, 2.24) is 10.2 Å². The maximum Gasteiger partial charge on any atom is 0.326 e. The van der Waals surface area contributed by atoms with E-state index in [0.717, 1.165) is 4.90 Å². The molecule has 8 heteroatoms. The topological polar surface area (TPSA) is 84.9 Å². The zero-order chi connectivity index (χ0) is 17.7. The van der Waals surface area contributed by atoms with Crippen LogP contribution in [-0.2, 0) is 14.3 Å². The number of hydrogen-bond acceptors (Lipinski definition) is 5. The second-order valence-corrected chi connectivity index (χ2v) is 6.26. The Labute approximate surface area is 144 Å². The van der Waals surface area contributed by atoms with Crippen molar-refractivity contribution in [3.8, 4) is 5.75 Å². The van der Waals surface area contributed by atoms with Gasteiger partial charge < -0.3 is 14.8 Å². The van der Waals surface area contributed by atoms with Gasteiger partial charge in [0.05, 0.1) is 13.2 Å². The lowest BCUT2D eigenvalue weighted by atomic mass is 10.1. The molecule has 0 atom stereocenters. The van der Waals surface area contributed by atoms with Crippen LogP contribution >= 0.6 is 11.6 Å². The Morgan fingerprint density at radius 3 is 2.46 bits per heavy atom. The number of imide groups is 1. The predicted molar refractivity (Wildman–Crippen MR) is 86.8 cm³/mol. The van der Waals surface area contributed by atoms with Crippen molar-refractivity contribution in [3.05, 3.63) is 29.3 Å². The summed E-state index contributed by atoms with van der Waals surface area (Å²) < 4.78 is 10.5. The normalized spacial score (nSPS) is 16.0. The summed E-state index contributed by atoms with van der Waals surface area (Å²) in [7, 11) is 0. The number of carbonyl (C=O) groups excluding carboxylic acids is 3. The molecule has 0 bridgehead atoms. The first-order valence-electron chi connectivity index (χ1n) is 7.48. The molecule has 0 unspecified atom stereocenters. The van der Waals surface area contributed by atoms with E-state index in [1.165, 1.54) is 0 Å². The molecule has 2 rings (SSSR count). The summed E-state index contributed by atoms with van der Waals surface area (Å²) in [6, 6.07) is 6.34. The quantitative estimate of drug-likeness (QED) is 0.460. The minimum Gasteiger partial charge on any atom is -0.493 e. The first kappa shape index (κ1) is 18.1. The minimum atomic E-state index is -0.996. The zero-order valence-corrected chi connectivity index (χ0v) is 14.3. The Morgan fingerprint density at radius 1 is 1.21 bits per heavy atom. The van der Waals surface area contributed by atoms with Crippen molar-refractivity contribution in [2.45, 2.75) is 25.8 Å². The van der Waals surface area contributed by atoms with E-state index < -0.39 is 30.0 Å². The van der Waals surface area contributed by atoms with Crippen LogP contribution in [0.2, 0.25) is 5.02 Å². The molecule has 1 fully saturated rings. The van der Waals surface area contributed by atoms with Crippen molar-refractivity contribution in [3.63, 3.8) is 0 Å². The molecule has 1 heterocycles.